The van der Waals surface area contributed by atoms with Gasteiger partial charge in [-0.25, -0.2) is 4.39 Å². The molecule has 1 aromatic rings. The van der Waals surface area contributed by atoms with Crippen LogP contribution in [0.1, 0.15) is 19.3 Å². The van der Waals surface area contributed by atoms with Crippen LogP contribution in [0.3, 0.4) is 0 Å². The van der Waals surface area contributed by atoms with E-state index < -0.39 is 0 Å². The molecular weight excluding hydrogens is 299 g/mol. The molecule has 1 aliphatic heterocycles. The molecule has 5 heteroatoms. The first kappa shape index (κ1) is 12.1. The molecule has 2 aliphatic rings. The topological polar surface area (TPSA) is 32.3 Å². The summed E-state index contributed by atoms with van der Waals surface area (Å²) in [6.07, 6.45) is 3.16. The maximum Gasteiger partial charge on any atom is 0.244 e. The highest BCUT2D eigenvalue weighted by molar-refractivity contribution is 9.10. The Morgan fingerprint density at radius 1 is 1.33 bits per heavy atom. The molecule has 1 unspecified atom stereocenters. The number of amides is 1. The maximum absolute atomic E-state index is 13.0. The summed E-state index contributed by atoms with van der Waals surface area (Å²) < 4.78 is 13.7. The van der Waals surface area contributed by atoms with E-state index in [1.165, 1.54) is 25.0 Å². The Kier molecular flexibility index (Phi) is 3.11. The lowest BCUT2D eigenvalue weighted by atomic mass is 10.2. The smallest absolute Gasteiger partial charge is 0.244 e. The Morgan fingerprint density at radius 3 is 2.78 bits per heavy atom. The van der Waals surface area contributed by atoms with Crippen LogP contribution in [0.4, 0.5) is 10.1 Å². The minimum atomic E-state index is -0.301. The maximum atomic E-state index is 13.0. The zero-order chi connectivity index (χ0) is 12.7. The first-order valence-electron chi connectivity index (χ1n) is 6.17. The quantitative estimate of drug-likeness (QED) is 0.930. The Labute approximate surface area is 113 Å². The second kappa shape index (κ2) is 4.63. The van der Waals surface area contributed by atoms with Gasteiger partial charge in [-0.2, -0.15) is 0 Å². The van der Waals surface area contributed by atoms with E-state index in [0.717, 1.165) is 12.1 Å². The van der Waals surface area contributed by atoms with Gasteiger partial charge in [-0.1, -0.05) is 0 Å². The number of nitrogens with one attached hydrogen (secondary N) is 1. The second-order valence-corrected chi connectivity index (χ2v) is 5.72. The molecule has 0 bridgehead atoms. The van der Waals surface area contributed by atoms with E-state index in [0.29, 0.717) is 17.1 Å². The number of carbonyl (C=O) groups excluding carboxylic acids is 1. The lowest BCUT2D eigenvalue weighted by Crippen LogP contribution is -2.39. The van der Waals surface area contributed by atoms with Crippen molar-refractivity contribution in [3.05, 3.63) is 28.5 Å². The van der Waals surface area contributed by atoms with Crippen molar-refractivity contribution in [2.24, 2.45) is 0 Å². The first-order valence-corrected chi connectivity index (χ1v) is 6.97. The molecule has 3 nitrogen and oxygen atoms in total. The Morgan fingerprint density at radius 2 is 2.11 bits per heavy atom. The van der Waals surface area contributed by atoms with Crippen molar-refractivity contribution in [3.8, 4) is 0 Å². The van der Waals surface area contributed by atoms with Gasteiger partial charge in [0.2, 0.25) is 5.91 Å². The van der Waals surface area contributed by atoms with Crippen LogP contribution >= 0.6 is 15.9 Å². The van der Waals surface area contributed by atoms with Gasteiger partial charge in [-0.05, 0) is 53.4 Å². The molecule has 1 atom stereocenters. The summed E-state index contributed by atoms with van der Waals surface area (Å²) >= 11 is 3.31. The number of hydrogen-bond donors (Lipinski definition) is 1. The highest BCUT2D eigenvalue weighted by atomic mass is 79.9. The van der Waals surface area contributed by atoms with Gasteiger partial charge in [0, 0.05) is 17.1 Å². The molecule has 1 aromatic carbocycles. The van der Waals surface area contributed by atoms with Crippen molar-refractivity contribution >= 4 is 27.5 Å². The number of carbonyl (C=O) groups is 1. The molecule has 1 amide bonds. The van der Waals surface area contributed by atoms with E-state index in [4.69, 9.17) is 0 Å². The summed E-state index contributed by atoms with van der Waals surface area (Å²) in [5, 5.41) is 3.35. The molecule has 1 N–H and O–H groups in total. The van der Waals surface area contributed by atoms with Crippen molar-refractivity contribution < 1.29 is 9.18 Å². The zero-order valence-corrected chi connectivity index (χ0v) is 11.4. The third kappa shape index (κ3) is 2.29. The fourth-order valence-electron chi connectivity index (χ4n) is 2.31. The van der Waals surface area contributed by atoms with Crippen molar-refractivity contribution in [3.63, 3.8) is 0 Å². The number of anilines is 1. The van der Waals surface area contributed by atoms with E-state index in [1.807, 2.05) is 0 Å². The van der Waals surface area contributed by atoms with E-state index in [9.17, 15) is 9.18 Å². The van der Waals surface area contributed by atoms with Crippen LogP contribution in [0, 0.1) is 5.82 Å². The van der Waals surface area contributed by atoms with Gasteiger partial charge < -0.3 is 10.2 Å². The third-order valence-electron chi connectivity index (χ3n) is 3.42. The highest BCUT2D eigenvalue weighted by Gasteiger charge is 2.36. The number of halogens is 2. The molecule has 3 rings (SSSR count). The summed E-state index contributed by atoms with van der Waals surface area (Å²) in [5.74, 6) is -0.209. The minimum absolute atomic E-state index is 0.0746. The second-order valence-electron chi connectivity index (χ2n) is 4.87. The van der Waals surface area contributed by atoms with E-state index >= 15 is 0 Å². The molecule has 1 heterocycles. The minimum Gasteiger partial charge on any atom is -0.310 e. The van der Waals surface area contributed by atoms with Crippen molar-refractivity contribution in [1.29, 1.82) is 0 Å². The number of benzene rings is 1. The van der Waals surface area contributed by atoms with Gasteiger partial charge in [-0.3, -0.25) is 4.79 Å². The van der Waals surface area contributed by atoms with Crippen molar-refractivity contribution in [2.45, 2.75) is 31.3 Å². The number of nitrogens with zero attached hydrogens (tertiary/aromatic N) is 1. The number of hydrogen-bond acceptors (Lipinski definition) is 2. The average Bonchev–Trinajstić information content (AvgIpc) is 3.07. The fraction of sp³-hybridized carbons (Fsp3) is 0.462. The normalized spacial score (nSPS) is 23.8. The zero-order valence-electron chi connectivity index (χ0n) is 9.83. The summed E-state index contributed by atoms with van der Waals surface area (Å²) in [4.78, 5) is 14.0. The van der Waals surface area contributed by atoms with Gasteiger partial charge in [0.05, 0.1) is 11.7 Å². The summed E-state index contributed by atoms with van der Waals surface area (Å²) in [6, 6.07) is 4.88. The molecule has 1 saturated carbocycles. The number of rotatable bonds is 3. The van der Waals surface area contributed by atoms with Gasteiger partial charge in [0.1, 0.15) is 5.82 Å². The van der Waals surface area contributed by atoms with Crippen LogP contribution < -0.4 is 10.2 Å². The van der Waals surface area contributed by atoms with Crippen LogP contribution in [-0.4, -0.2) is 24.5 Å². The Hall–Kier alpha value is -0.940. The van der Waals surface area contributed by atoms with Crippen LogP contribution in [0.2, 0.25) is 0 Å². The lowest BCUT2D eigenvalue weighted by molar-refractivity contribution is -0.118. The van der Waals surface area contributed by atoms with Crippen LogP contribution in [-0.2, 0) is 4.79 Å². The summed E-state index contributed by atoms with van der Waals surface area (Å²) in [6.45, 7) is 0.688. The fourth-order valence-corrected chi connectivity index (χ4v) is 2.87. The third-order valence-corrected chi connectivity index (χ3v) is 4.06. The molecular formula is C13H14BrFN2O. The van der Waals surface area contributed by atoms with Crippen LogP contribution in [0.25, 0.3) is 0 Å². The van der Waals surface area contributed by atoms with E-state index in [-0.39, 0.29) is 17.8 Å². The predicted molar refractivity (Wildman–Crippen MR) is 71.0 cm³/mol. The van der Waals surface area contributed by atoms with E-state index in [2.05, 4.69) is 21.2 Å². The average molecular weight is 313 g/mol. The Bertz CT molecular complexity index is 490. The Balaban J connectivity index is 1.78. The standard InChI is InChI=1S/C13H14BrFN2O/c14-10-7-8(15)1-4-12(10)17-6-5-11(13(17)18)16-9-2-3-9/h1,4,7,9,11,16H,2-3,5-6H2. The predicted octanol–water partition coefficient (Wildman–Crippen LogP) is 2.45. The first-order chi connectivity index (χ1) is 8.65. The van der Waals surface area contributed by atoms with Gasteiger partial charge in [0.25, 0.3) is 0 Å². The summed E-state index contributed by atoms with van der Waals surface area (Å²) in [7, 11) is 0. The largest absolute Gasteiger partial charge is 0.310 e. The monoisotopic (exact) mass is 312 g/mol. The molecule has 0 spiro atoms. The van der Waals surface area contributed by atoms with E-state index in [1.54, 1.807) is 11.0 Å². The van der Waals surface area contributed by atoms with Gasteiger partial charge in [0.15, 0.2) is 0 Å². The van der Waals surface area contributed by atoms with Crippen molar-refractivity contribution in [1.82, 2.24) is 5.32 Å². The molecule has 96 valence electrons. The van der Waals surface area contributed by atoms with Crippen molar-refractivity contribution in [2.75, 3.05) is 11.4 Å². The molecule has 0 radical (unpaired) electrons. The molecule has 0 aromatic heterocycles. The highest BCUT2D eigenvalue weighted by Crippen LogP contribution is 2.31. The van der Waals surface area contributed by atoms with Crippen LogP contribution in [0.15, 0.2) is 22.7 Å². The van der Waals surface area contributed by atoms with Crippen LogP contribution in [0.5, 0.6) is 0 Å². The lowest BCUT2D eigenvalue weighted by Gasteiger charge is -2.18. The molecule has 1 aliphatic carbocycles. The van der Waals surface area contributed by atoms with Gasteiger partial charge in [-0.15, -0.1) is 0 Å². The molecule has 18 heavy (non-hydrogen) atoms. The molecule has 2 fully saturated rings. The molecule has 1 saturated heterocycles. The van der Waals surface area contributed by atoms with Gasteiger partial charge >= 0.3 is 0 Å². The summed E-state index contributed by atoms with van der Waals surface area (Å²) in [5.41, 5.74) is 0.751. The SMILES string of the molecule is O=C1C(NC2CC2)CCN1c1ccc(F)cc1Br.